The smallest absolute Gasteiger partial charge is 0.234 e. The van der Waals surface area contributed by atoms with Gasteiger partial charge in [-0.1, -0.05) is 17.7 Å². The summed E-state index contributed by atoms with van der Waals surface area (Å²) < 4.78 is 10.4. The number of hydrogen-bond acceptors (Lipinski definition) is 4. The fraction of sp³-hybridized carbons (Fsp3) is 0.235. The van der Waals surface area contributed by atoms with Gasteiger partial charge in [-0.3, -0.25) is 4.79 Å². The highest BCUT2D eigenvalue weighted by Gasteiger charge is 2.07. The van der Waals surface area contributed by atoms with Crippen LogP contribution in [0.15, 0.2) is 47.4 Å². The lowest BCUT2D eigenvalue weighted by Crippen LogP contribution is -2.13. The molecule has 0 aliphatic carbocycles. The van der Waals surface area contributed by atoms with Crippen molar-refractivity contribution in [2.45, 2.75) is 11.8 Å². The summed E-state index contributed by atoms with van der Waals surface area (Å²) in [6.45, 7) is 2.01. The predicted molar refractivity (Wildman–Crippen MR) is 90.1 cm³/mol. The summed E-state index contributed by atoms with van der Waals surface area (Å²) in [5, 5.41) is 2.87. The summed E-state index contributed by atoms with van der Waals surface area (Å²) in [5.74, 6) is 1.63. The lowest BCUT2D eigenvalue weighted by molar-refractivity contribution is -0.113. The van der Waals surface area contributed by atoms with Gasteiger partial charge in [0.1, 0.15) is 0 Å². The third kappa shape index (κ3) is 4.43. The standard InChI is InChI=1S/C17H19NO3S/c1-12-4-6-13(7-5-12)18-17(19)11-22-14-8-9-15(20-2)16(10-14)21-3/h4-10H,11H2,1-3H3,(H,18,19). The minimum Gasteiger partial charge on any atom is -0.493 e. The van der Waals surface area contributed by atoms with E-state index in [0.29, 0.717) is 17.3 Å². The number of anilines is 1. The van der Waals surface area contributed by atoms with Crippen LogP contribution in [0.3, 0.4) is 0 Å². The van der Waals surface area contributed by atoms with Gasteiger partial charge in [0, 0.05) is 10.6 Å². The number of methoxy groups -OCH3 is 2. The molecule has 0 atom stereocenters. The van der Waals surface area contributed by atoms with Crippen molar-refractivity contribution in [1.29, 1.82) is 0 Å². The highest BCUT2D eigenvalue weighted by Crippen LogP contribution is 2.31. The first-order valence-electron chi connectivity index (χ1n) is 6.83. The molecule has 0 saturated heterocycles. The average molecular weight is 317 g/mol. The maximum Gasteiger partial charge on any atom is 0.234 e. The molecule has 0 radical (unpaired) electrons. The fourth-order valence-electron chi connectivity index (χ4n) is 1.89. The Morgan fingerprint density at radius 1 is 1.05 bits per heavy atom. The van der Waals surface area contributed by atoms with E-state index >= 15 is 0 Å². The van der Waals surface area contributed by atoms with Gasteiger partial charge in [0.15, 0.2) is 11.5 Å². The number of benzene rings is 2. The van der Waals surface area contributed by atoms with Crippen LogP contribution in [-0.4, -0.2) is 25.9 Å². The molecule has 0 saturated carbocycles. The second-order valence-corrected chi connectivity index (χ2v) is 5.77. The van der Waals surface area contributed by atoms with E-state index < -0.39 is 0 Å². The van der Waals surface area contributed by atoms with Gasteiger partial charge in [-0.15, -0.1) is 11.8 Å². The second-order valence-electron chi connectivity index (χ2n) is 4.72. The van der Waals surface area contributed by atoms with E-state index in [-0.39, 0.29) is 5.91 Å². The van der Waals surface area contributed by atoms with Gasteiger partial charge in [-0.05, 0) is 37.3 Å². The van der Waals surface area contributed by atoms with Gasteiger partial charge in [0.25, 0.3) is 0 Å². The first-order valence-corrected chi connectivity index (χ1v) is 7.82. The molecule has 0 spiro atoms. The molecule has 0 unspecified atom stereocenters. The molecule has 1 amide bonds. The molecule has 2 rings (SSSR count). The summed E-state index contributed by atoms with van der Waals surface area (Å²) in [7, 11) is 3.19. The van der Waals surface area contributed by atoms with Crippen LogP contribution in [0.2, 0.25) is 0 Å². The van der Waals surface area contributed by atoms with E-state index in [0.717, 1.165) is 16.1 Å². The van der Waals surface area contributed by atoms with Gasteiger partial charge in [-0.2, -0.15) is 0 Å². The summed E-state index contributed by atoms with van der Waals surface area (Å²) in [4.78, 5) is 12.9. The Kier molecular flexibility index (Phi) is 5.72. The molecule has 1 N–H and O–H groups in total. The number of amides is 1. The summed E-state index contributed by atoms with van der Waals surface area (Å²) in [6.07, 6.45) is 0. The Labute approximate surface area is 134 Å². The number of rotatable bonds is 6. The molecule has 0 aromatic heterocycles. The quantitative estimate of drug-likeness (QED) is 0.825. The van der Waals surface area contributed by atoms with Crippen LogP contribution in [-0.2, 0) is 4.79 Å². The molecule has 22 heavy (non-hydrogen) atoms. The molecule has 116 valence electrons. The van der Waals surface area contributed by atoms with Crippen molar-refractivity contribution in [3.63, 3.8) is 0 Å². The normalized spacial score (nSPS) is 10.1. The number of ether oxygens (including phenoxy) is 2. The van der Waals surface area contributed by atoms with E-state index in [9.17, 15) is 4.79 Å². The Morgan fingerprint density at radius 2 is 1.73 bits per heavy atom. The van der Waals surface area contributed by atoms with E-state index in [1.807, 2.05) is 49.4 Å². The van der Waals surface area contributed by atoms with Crippen molar-refractivity contribution in [1.82, 2.24) is 0 Å². The summed E-state index contributed by atoms with van der Waals surface area (Å²) >= 11 is 1.45. The number of hydrogen-bond donors (Lipinski definition) is 1. The van der Waals surface area contributed by atoms with Gasteiger partial charge in [0.05, 0.1) is 20.0 Å². The van der Waals surface area contributed by atoms with Gasteiger partial charge in [-0.25, -0.2) is 0 Å². The second kappa shape index (κ2) is 7.75. The van der Waals surface area contributed by atoms with E-state index in [1.54, 1.807) is 14.2 Å². The van der Waals surface area contributed by atoms with Crippen LogP contribution >= 0.6 is 11.8 Å². The Bertz CT molecular complexity index is 641. The lowest BCUT2D eigenvalue weighted by atomic mass is 10.2. The van der Waals surface area contributed by atoms with Crippen LogP contribution in [0.4, 0.5) is 5.69 Å². The average Bonchev–Trinajstić information content (AvgIpc) is 2.54. The maximum absolute atomic E-state index is 12.0. The van der Waals surface area contributed by atoms with Crippen molar-refractivity contribution < 1.29 is 14.3 Å². The highest BCUT2D eigenvalue weighted by molar-refractivity contribution is 8.00. The molecule has 0 heterocycles. The molecular weight excluding hydrogens is 298 g/mol. The molecule has 0 aliphatic heterocycles. The van der Waals surface area contributed by atoms with Crippen molar-refractivity contribution in [3.8, 4) is 11.5 Å². The van der Waals surface area contributed by atoms with Crippen LogP contribution in [0.1, 0.15) is 5.56 Å². The maximum atomic E-state index is 12.0. The van der Waals surface area contributed by atoms with E-state index in [1.165, 1.54) is 11.8 Å². The SMILES string of the molecule is COc1ccc(SCC(=O)Nc2ccc(C)cc2)cc1OC. The van der Waals surface area contributed by atoms with E-state index in [2.05, 4.69) is 5.32 Å². The summed E-state index contributed by atoms with van der Waals surface area (Å²) in [5.41, 5.74) is 1.97. The summed E-state index contributed by atoms with van der Waals surface area (Å²) in [6, 6.07) is 13.3. The Balaban J connectivity index is 1.92. The van der Waals surface area contributed by atoms with Crippen molar-refractivity contribution in [3.05, 3.63) is 48.0 Å². The van der Waals surface area contributed by atoms with Crippen molar-refractivity contribution in [2.75, 3.05) is 25.3 Å². The van der Waals surface area contributed by atoms with Crippen LogP contribution < -0.4 is 14.8 Å². The van der Waals surface area contributed by atoms with Gasteiger partial charge < -0.3 is 14.8 Å². The predicted octanol–water partition coefficient (Wildman–Crippen LogP) is 3.74. The third-order valence-electron chi connectivity index (χ3n) is 3.06. The van der Waals surface area contributed by atoms with Crippen molar-refractivity contribution in [2.24, 2.45) is 0 Å². The monoisotopic (exact) mass is 317 g/mol. The number of carbonyl (C=O) groups is 1. The first-order chi connectivity index (χ1) is 10.6. The Hall–Kier alpha value is -2.14. The third-order valence-corrected chi connectivity index (χ3v) is 4.05. The van der Waals surface area contributed by atoms with E-state index in [4.69, 9.17) is 9.47 Å². The van der Waals surface area contributed by atoms with Gasteiger partial charge >= 0.3 is 0 Å². The zero-order valence-corrected chi connectivity index (χ0v) is 13.7. The fourth-order valence-corrected chi connectivity index (χ4v) is 2.61. The number of nitrogens with one attached hydrogen (secondary N) is 1. The topological polar surface area (TPSA) is 47.6 Å². The molecule has 4 nitrogen and oxygen atoms in total. The largest absolute Gasteiger partial charge is 0.493 e. The lowest BCUT2D eigenvalue weighted by Gasteiger charge is -2.09. The van der Waals surface area contributed by atoms with Gasteiger partial charge in [0.2, 0.25) is 5.91 Å². The molecule has 2 aromatic carbocycles. The molecule has 5 heteroatoms. The molecule has 2 aromatic rings. The minimum atomic E-state index is -0.0383. The number of carbonyl (C=O) groups excluding carboxylic acids is 1. The number of thioether (sulfide) groups is 1. The van der Waals surface area contributed by atoms with Crippen LogP contribution in [0.25, 0.3) is 0 Å². The zero-order valence-electron chi connectivity index (χ0n) is 12.9. The molecular formula is C17H19NO3S. The molecule has 0 aliphatic rings. The Morgan fingerprint density at radius 3 is 2.36 bits per heavy atom. The highest BCUT2D eigenvalue weighted by atomic mass is 32.2. The first kappa shape index (κ1) is 16.2. The van der Waals surface area contributed by atoms with Crippen LogP contribution in [0.5, 0.6) is 11.5 Å². The minimum absolute atomic E-state index is 0.0383. The zero-order chi connectivity index (χ0) is 15.9. The van der Waals surface area contributed by atoms with Crippen molar-refractivity contribution >= 4 is 23.4 Å². The van der Waals surface area contributed by atoms with Crippen LogP contribution in [0, 0.1) is 6.92 Å². The molecule has 0 bridgehead atoms. The number of aryl methyl sites for hydroxylation is 1. The molecule has 0 fully saturated rings.